The summed E-state index contributed by atoms with van der Waals surface area (Å²) in [6.45, 7) is 2.72. The minimum Gasteiger partial charge on any atom is -0.508 e. The van der Waals surface area contributed by atoms with Crippen molar-refractivity contribution in [2.45, 2.75) is 69.9 Å². The number of aromatic hydroxyl groups is 1. The van der Waals surface area contributed by atoms with Gasteiger partial charge in [0, 0.05) is 48.3 Å². The van der Waals surface area contributed by atoms with Crippen molar-refractivity contribution in [2.75, 3.05) is 0 Å². The molecule has 0 saturated heterocycles. The standard InChI is InChI=1S/C40H47N11O7/c1-23(35(42)53)46-38(56)33(16-25-8-4-3-5-9-25)49-39(57)34(17-27-19-44-32-11-7-6-10-30(27)32)48-36(54)24(2)47-40(58)51(21-26-12-14-29(52)15-13-26)50-37(55)31(41)18-28-20-43-22-45-28/h3-15,19-20,22-24,31,33-34,44,52H,16-18,21,41H2,1-2H3,(H2,42,53)(H,43,45)(H,46,56)(H,47,58)(H,48,54)(H,49,57)(H,50,55)/p+1. The van der Waals surface area contributed by atoms with E-state index >= 15 is 0 Å². The van der Waals surface area contributed by atoms with Crippen molar-refractivity contribution in [3.05, 3.63) is 120 Å². The van der Waals surface area contributed by atoms with E-state index in [0.717, 1.165) is 21.5 Å². The Hall–Kier alpha value is -7.05. The lowest BCUT2D eigenvalue weighted by atomic mass is 10.0. The number of quaternary nitrogens is 1. The summed E-state index contributed by atoms with van der Waals surface area (Å²) in [5.41, 5.74) is 15.4. The Morgan fingerprint density at radius 3 is 2.09 bits per heavy atom. The first kappa shape index (κ1) is 42.1. The molecule has 2 aromatic heterocycles. The van der Waals surface area contributed by atoms with Gasteiger partial charge in [0.15, 0.2) is 0 Å². The van der Waals surface area contributed by atoms with Crippen LogP contribution in [0.15, 0.2) is 97.6 Å². The van der Waals surface area contributed by atoms with E-state index in [4.69, 9.17) is 5.73 Å². The van der Waals surface area contributed by atoms with E-state index in [2.05, 4.69) is 47.4 Å². The third kappa shape index (κ3) is 11.7. The van der Waals surface area contributed by atoms with Crippen molar-refractivity contribution in [2.24, 2.45) is 5.73 Å². The summed E-state index contributed by atoms with van der Waals surface area (Å²) in [6.07, 6.45) is 4.85. The maximum Gasteiger partial charge on any atom is 0.337 e. The highest BCUT2D eigenvalue weighted by molar-refractivity contribution is 5.96. The highest BCUT2D eigenvalue weighted by Gasteiger charge is 2.32. The predicted octanol–water partition coefficient (Wildman–Crippen LogP) is -0.174. The maximum atomic E-state index is 14.2. The smallest absolute Gasteiger partial charge is 0.337 e. The molecule has 5 atom stereocenters. The van der Waals surface area contributed by atoms with Crippen LogP contribution in [0.4, 0.5) is 4.79 Å². The van der Waals surface area contributed by atoms with Crippen LogP contribution in [0.25, 0.3) is 10.9 Å². The average Bonchev–Trinajstić information content (AvgIpc) is 3.88. The van der Waals surface area contributed by atoms with Crippen molar-refractivity contribution in [1.29, 1.82) is 0 Å². The van der Waals surface area contributed by atoms with Gasteiger partial charge < -0.3 is 42.1 Å². The Bertz CT molecular complexity index is 2190. The number of nitrogens with zero attached hydrogens (tertiary/aromatic N) is 2. The third-order valence-electron chi connectivity index (χ3n) is 9.32. The number of aromatic amines is 2. The van der Waals surface area contributed by atoms with E-state index in [-0.39, 0.29) is 31.6 Å². The molecule has 18 heteroatoms. The topological polar surface area (TPSA) is 284 Å². The molecular weight excluding hydrogens is 747 g/mol. The molecular formula is C40H48N11O7+. The largest absolute Gasteiger partial charge is 0.508 e. The molecule has 2 heterocycles. The van der Waals surface area contributed by atoms with E-state index < -0.39 is 65.8 Å². The fourth-order valence-corrected chi connectivity index (χ4v) is 5.97. The summed E-state index contributed by atoms with van der Waals surface area (Å²) in [6, 6.07) is 15.8. The number of carbonyl (C=O) groups excluding carboxylic acids is 6. The molecule has 0 saturated carbocycles. The second-order valence-corrected chi connectivity index (χ2v) is 13.9. The number of benzene rings is 3. The van der Waals surface area contributed by atoms with Gasteiger partial charge in [-0.25, -0.2) is 19.6 Å². The number of para-hydroxylation sites is 1. The average molecular weight is 795 g/mol. The van der Waals surface area contributed by atoms with E-state index in [9.17, 15) is 33.9 Å². The Kier molecular flexibility index (Phi) is 14.3. The van der Waals surface area contributed by atoms with Crippen molar-refractivity contribution in [3.63, 3.8) is 0 Å². The monoisotopic (exact) mass is 794 g/mol. The molecule has 0 aliphatic rings. The number of fused-ring (bicyclic) bond motifs is 1. The number of nitrogens with one attached hydrogen (secondary N) is 7. The van der Waals surface area contributed by atoms with Gasteiger partial charge >= 0.3 is 11.9 Å². The van der Waals surface area contributed by atoms with Gasteiger partial charge in [-0.3, -0.25) is 30.3 Å². The van der Waals surface area contributed by atoms with E-state index in [1.807, 2.05) is 30.3 Å². The number of imidazole rings is 1. The number of amides is 7. The number of rotatable bonds is 17. The normalized spacial score (nSPS) is 13.6. The zero-order valence-corrected chi connectivity index (χ0v) is 32.0. The lowest BCUT2D eigenvalue weighted by Gasteiger charge is -2.28. The SMILES string of the molecule is CC(NC(=O)C(Cc1ccccc1)NC(=O)C(Cc1c[nH]c2ccccc12)NC(=O)C(C)NC(=O)N(Cc1ccc(O)cc1)NC(=O)C(N)Cc1cnc[nH]1)C([NH3+])=O. The van der Waals surface area contributed by atoms with Crippen LogP contribution in [0, 0.1) is 0 Å². The highest BCUT2D eigenvalue weighted by Crippen LogP contribution is 2.20. The number of phenols is 1. The number of nitrogens with two attached hydrogens (primary N) is 1. The quantitative estimate of drug-likeness (QED) is 0.0559. The maximum absolute atomic E-state index is 14.2. The lowest BCUT2D eigenvalue weighted by Crippen LogP contribution is -2.66. The number of carbonyl (C=O) groups is 6. The summed E-state index contributed by atoms with van der Waals surface area (Å²) < 4.78 is 0. The molecule has 304 valence electrons. The fraction of sp³-hybridized carbons (Fsp3) is 0.275. The molecule has 0 aliphatic heterocycles. The molecule has 5 unspecified atom stereocenters. The van der Waals surface area contributed by atoms with Gasteiger partial charge in [0.25, 0.3) is 5.91 Å². The second-order valence-electron chi connectivity index (χ2n) is 13.9. The molecule has 7 amide bonds. The molecule has 0 spiro atoms. The van der Waals surface area contributed by atoms with Crippen molar-refractivity contribution >= 4 is 46.5 Å². The first-order chi connectivity index (χ1) is 27.8. The zero-order chi connectivity index (χ0) is 41.8. The van der Waals surface area contributed by atoms with Crippen LogP contribution in [0.1, 0.15) is 36.2 Å². The number of H-pyrrole nitrogens is 2. The van der Waals surface area contributed by atoms with Gasteiger partial charge in [-0.05, 0) is 48.7 Å². The van der Waals surface area contributed by atoms with Crippen molar-refractivity contribution in [1.82, 2.24) is 46.7 Å². The van der Waals surface area contributed by atoms with Crippen LogP contribution in [-0.4, -0.2) is 90.8 Å². The Morgan fingerprint density at radius 1 is 0.741 bits per heavy atom. The van der Waals surface area contributed by atoms with Gasteiger partial charge in [0.05, 0.1) is 18.9 Å². The molecule has 0 fully saturated rings. The fourth-order valence-electron chi connectivity index (χ4n) is 5.97. The summed E-state index contributed by atoms with van der Waals surface area (Å²) >= 11 is 0. The van der Waals surface area contributed by atoms with E-state index in [1.54, 1.807) is 42.6 Å². The van der Waals surface area contributed by atoms with Gasteiger partial charge in [-0.2, -0.15) is 0 Å². The molecule has 13 N–H and O–H groups in total. The highest BCUT2D eigenvalue weighted by atomic mass is 16.3. The summed E-state index contributed by atoms with van der Waals surface area (Å²) in [4.78, 5) is 90.2. The number of urea groups is 1. The van der Waals surface area contributed by atoms with Crippen LogP contribution in [0.5, 0.6) is 5.75 Å². The number of hydrazine groups is 1. The Morgan fingerprint density at radius 2 is 1.40 bits per heavy atom. The lowest BCUT2D eigenvalue weighted by molar-refractivity contribution is -0.307. The molecule has 5 rings (SSSR count). The van der Waals surface area contributed by atoms with Crippen LogP contribution in [0.2, 0.25) is 0 Å². The number of aromatic nitrogens is 3. The summed E-state index contributed by atoms with van der Waals surface area (Å²) in [7, 11) is 0. The van der Waals surface area contributed by atoms with Gasteiger partial charge in [-0.1, -0.05) is 60.7 Å². The molecule has 58 heavy (non-hydrogen) atoms. The van der Waals surface area contributed by atoms with Crippen molar-refractivity contribution < 1.29 is 39.6 Å². The molecule has 18 nitrogen and oxygen atoms in total. The Labute approximate surface area is 333 Å². The molecule has 0 bridgehead atoms. The third-order valence-corrected chi connectivity index (χ3v) is 9.32. The minimum absolute atomic E-state index is 0.00294. The molecule has 0 radical (unpaired) electrons. The van der Waals surface area contributed by atoms with Gasteiger partial charge in [0.1, 0.15) is 29.9 Å². The van der Waals surface area contributed by atoms with Crippen LogP contribution in [-0.2, 0) is 49.8 Å². The van der Waals surface area contributed by atoms with Crippen LogP contribution in [0.3, 0.4) is 0 Å². The Balaban J connectivity index is 1.35. The first-order valence-electron chi connectivity index (χ1n) is 18.5. The van der Waals surface area contributed by atoms with Gasteiger partial charge in [0.2, 0.25) is 17.7 Å². The zero-order valence-electron chi connectivity index (χ0n) is 32.0. The minimum atomic E-state index is -1.25. The molecule has 3 aromatic carbocycles. The first-order valence-corrected chi connectivity index (χ1v) is 18.5. The number of hydrogen-bond acceptors (Lipinski definition) is 9. The second kappa shape index (κ2) is 19.7. The van der Waals surface area contributed by atoms with Gasteiger partial charge in [-0.15, -0.1) is 0 Å². The van der Waals surface area contributed by atoms with Crippen LogP contribution >= 0.6 is 0 Å². The van der Waals surface area contributed by atoms with E-state index in [0.29, 0.717) is 16.8 Å². The van der Waals surface area contributed by atoms with Crippen LogP contribution < -0.4 is 38.2 Å². The summed E-state index contributed by atoms with van der Waals surface area (Å²) in [5, 5.41) is 22.2. The number of hydrogen-bond donors (Lipinski definition) is 10. The number of phenolic OH excluding ortho intramolecular Hbond substituents is 1. The molecule has 5 aromatic rings. The predicted molar refractivity (Wildman–Crippen MR) is 212 cm³/mol. The van der Waals surface area contributed by atoms with E-state index in [1.165, 1.54) is 38.5 Å². The molecule has 0 aliphatic carbocycles. The summed E-state index contributed by atoms with van der Waals surface area (Å²) in [5.74, 6) is -3.29. The van der Waals surface area contributed by atoms with Crippen molar-refractivity contribution in [3.8, 4) is 5.75 Å².